The van der Waals surface area contributed by atoms with Crippen molar-refractivity contribution in [3.63, 3.8) is 0 Å². The Bertz CT molecular complexity index is 1430. The fraction of sp³-hybridized carbons (Fsp3) is 0.382. The van der Waals surface area contributed by atoms with Gasteiger partial charge in [0.25, 0.3) is 11.8 Å². The minimum atomic E-state index is -0.356. The zero-order valence-electron chi connectivity index (χ0n) is 23.4. The minimum absolute atomic E-state index is 0.169. The van der Waals surface area contributed by atoms with Gasteiger partial charge >= 0.3 is 0 Å². The number of carbonyl (C=O) groups excluding carboxylic acids is 3. The second-order valence-electron chi connectivity index (χ2n) is 11.2. The SMILES string of the molecule is CCCCN(CCC)C(=O)C1c2ccccc2-c2cccc(N3CCCC(N4C(=O)c5ccccc5C4=O)C3)c21. The minimum Gasteiger partial charge on any atom is -0.369 e. The fourth-order valence-corrected chi connectivity index (χ4v) is 6.83. The quantitative estimate of drug-likeness (QED) is 0.327. The van der Waals surface area contributed by atoms with E-state index in [0.29, 0.717) is 17.7 Å². The van der Waals surface area contributed by atoms with E-state index in [1.165, 1.54) is 4.90 Å². The van der Waals surface area contributed by atoms with E-state index >= 15 is 0 Å². The van der Waals surface area contributed by atoms with Crippen LogP contribution in [0.4, 0.5) is 5.69 Å². The molecule has 6 heteroatoms. The molecule has 1 fully saturated rings. The number of hydrogen-bond donors (Lipinski definition) is 0. The van der Waals surface area contributed by atoms with Gasteiger partial charge in [0.15, 0.2) is 0 Å². The third kappa shape index (κ3) is 4.30. The molecule has 0 spiro atoms. The van der Waals surface area contributed by atoms with Crippen LogP contribution in [0.25, 0.3) is 11.1 Å². The Morgan fingerprint density at radius 3 is 2.20 bits per heavy atom. The number of rotatable bonds is 8. The Morgan fingerprint density at radius 2 is 1.50 bits per heavy atom. The van der Waals surface area contributed by atoms with Crippen molar-refractivity contribution >= 4 is 23.4 Å². The lowest BCUT2D eigenvalue weighted by molar-refractivity contribution is -0.131. The van der Waals surface area contributed by atoms with E-state index in [9.17, 15) is 14.4 Å². The van der Waals surface area contributed by atoms with Crippen molar-refractivity contribution in [3.8, 4) is 11.1 Å². The maximum Gasteiger partial charge on any atom is 0.261 e. The molecule has 3 aromatic rings. The molecule has 3 aliphatic rings. The molecule has 0 saturated carbocycles. The van der Waals surface area contributed by atoms with Crippen molar-refractivity contribution in [1.82, 2.24) is 9.80 Å². The summed E-state index contributed by atoms with van der Waals surface area (Å²) in [6.45, 7) is 7.19. The highest BCUT2D eigenvalue weighted by molar-refractivity contribution is 6.21. The smallest absolute Gasteiger partial charge is 0.261 e. The van der Waals surface area contributed by atoms with E-state index < -0.39 is 0 Å². The number of hydrogen-bond acceptors (Lipinski definition) is 4. The van der Waals surface area contributed by atoms with Crippen molar-refractivity contribution in [3.05, 3.63) is 89.0 Å². The van der Waals surface area contributed by atoms with Crippen LogP contribution in [0.2, 0.25) is 0 Å². The van der Waals surface area contributed by atoms with Gasteiger partial charge < -0.3 is 9.80 Å². The third-order valence-electron chi connectivity index (χ3n) is 8.70. The normalized spacial score (nSPS) is 19.4. The molecular weight excluding hydrogens is 498 g/mol. The number of anilines is 1. The van der Waals surface area contributed by atoms with Crippen LogP contribution in [0, 0.1) is 0 Å². The summed E-state index contributed by atoms with van der Waals surface area (Å²) in [5, 5.41) is 0. The summed E-state index contributed by atoms with van der Waals surface area (Å²) in [5.74, 6) is -0.581. The number of imide groups is 1. The molecule has 0 bridgehead atoms. The van der Waals surface area contributed by atoms with E-state index in [1.807, 2.05) is 24.3 Å². The van der Waals surface area contributed by atoms with Gasteiger partial charge in [-0.05, 0) is 60.6 Å². The van der Waals surface area contributed by atoms with Gasteiger partial charge in [-0.15, -0.1) is 0 Å². The van der Waals surface area contributed by atoms with E-state index in [0.717, 1.165) is 79.7 Å². The number of piperidine rings is 1. The predicted octanol–water partition coefficient (Wildman–Crippen LogP) is 6.10. The van der Waals surface area contributed by atoms with Crippen LogP contribution in [0.5, 0.6) is 0 Å². The highest BCUT2D eigenvalue weighted by atomic mass is 16.2. The van der Waals surface area contributed by atoms with Gasteiger partial charge in [0.1, 0.15) is 0 Å². The van der Waals surface area contributed by atoms with Crippen LogP contribution < -0.4 is 4.90 Å². The lowest BCUT2D eigenvalue weighted by Gasteiger charge is -2.39. The Kier molecular flexibility index (Phi) is 7.18. The van der Waals surface area contributed by atoms with Crippen LogP contribution in [0.3, 0.4) is 0 Å². The first-order valence-corrected chi connectivity index (χ1v) is 14.8. The average Bonchev–Trinajstić information content (AvgIpc) is 3.46. The standard InChI is InChI=1S/C34H37N3O3/c1-3-5-20-35(19-4-2)34(40)31-26-14-7-6-13-24(26)25-17-10-18-29(30(25)31)36-21-11-12-23(22-36)37-32(38)27-15-8-9-16-28(27)33(37)39/h6-10,13-18,23,31H,3-5,11-12,19-22H2,1-2H3. The van der Waals surface area contributed by atoms with E-state index in [2.05, 4.69) is 54.0 Å². The van der Waals surface area contributed by atoms with E-state index in [4.69, 9.17) is 0 Å². The molecule has 3 aromatic carbocycles. The summed E-state index contributed by atoms with van der Waals surface area (Å²) in [4.78, 5) is 46.7. The van der Waals surface area contributed by atoms with Crippen LogP contribution in [0.1, 0.15) is 83.7 Å². The molecule has 2 unspecified atom stereocenters. The van der Waals surface area contributed by atoms with Gasteiger partial charge in [-0.2, -0.15) is 0 Å². The van der Waals surface area contributed by atoms with Crippen molar-refractivity contribution < 1.29 is 14.4 Å². The fourth-order valence-electron chi connectivity index (χ4n) is 6.83. The number of carbonyl (C=O) groups is 3. The molecule has 0 aromatic heterocycles. The van der Waals surface area contributed by atoms with Gasteiger partial charge in [-0.3, -0.25) is 19.3 Å². The molecular formula is C34H37N3O3. The number of benzene rings is 3. The van der Waals surface area contributed by atoms with Crippen LogP contribution >= 0.6 is 0 Å². The summed E-state index contributed by atoms with van der Waals surface area (Å²) in [6, 6.07) is 21.5. The van der Waals surface area contributed by atoms with Crippen LogP contribution in [-0.2, 0) is 4.79 Å². The van der Waals surface area contributed by atoms with Gasteiger partial charge in [0, 0.05) is 37.4 Å². The van der Waals surface area contributed by atoms with Gasteiger partial charge in [0.2, 0.25) is 5.91 Å². The molecule has 6 nitrogen and oxygen atoms in total. The zero-order chi connectivity index (χ0) is 27.8. The second kappa shape index (κ2) is 10.9. The molecule has 2 atom stereocenters. The van der Waals surface area contributed by atoms with E-state index in [1.54, 1.807) is 12.1 Å². The van der Waals surface area contributed by atoms with Crippen molar-refractivity contribution in [2.75, 3.05) is 31.1 Å². The monoisotopic (exact) mass is 535 g/mol. The lowest BCUT2D eigenvalue weighted by Crippen LogP contribution is -2.50. The lowest BCUT2D eigenvalue weighted by atomic mass is 9.92. The van der Waals surface area contributed by atoms with E-state index in [-0.39, 0.29) is 29.7 Å². The maximum absolute atomic E-state index is 14.3. The van der Waals surface area contributed by atoms with Crippen molar-refractivity contribution in [2.24, 2.45) is 0 Å². The summed E-state index contributed by atoms with van der Waals surface area (Å²) >= 11 is 0. The summed E-state index contributed by atoms with van der Waals surface area (Å²) in [5.41, 5.74) is 6.40. The molecule has 2 heterocycles. The number of amides is 3. The first kappa shape index (κ1) is 26.3. The van der Waals surface area contributed by atoms with Crippen molar-refractivity contribution in [2.45, 2.75) is 57.9 Å². The zero-order valence-corrected chi connectivity index (χ0v) is 23.4. The first-order chi connectivity index (χ1) is 19.5. The molecule has 40 heavy (non-hydrogen) atoms. The molecule has 206 valence electrons. The molecule has 3 amide bonds. The Labute approximate surface area is 236 Å². The molecule has 6 rings (SSSR count). The molecule has 0 radical (unpaired) electrons. The van der Waals surface area contributed by atoms with Gasteiger partial charge in [-0.25, -0.2) is 0 Å². The highest BCUT2D eigenvalue weighted by Crippen LogP contribution is 2.50. The molecule has 0 N–H and O–H groups in total. The summed E-state index contributed by atoms with van der Waals surface area (Å²) in [7, 11) is 0. The second-order valence-corrected chi connectivity index (χ2v) is 11.2. The Balaban J connectivity index is 1.36. The molecule has 1 saturated heterocycles. The largest absolute Gasteiger partial charge is 0.369 e. The Morgan fingerprint density at radius 1 is 0.825 bits per heavy atom. The maximum atomic E-state index is 14.3. The average molecular weight is 536 g/mol. The van der Waals surface area contributed by atoms with Crippen LogP contribution in [0.15, 0.2) is 66.7 Å². The third-order valence-corrected chi connectivity index (χ3v) is 8.70. The van der Waals surface area contributed by atoms with Crippen molar-refractivity contribution in [1.29, 1.82) is 0 Å². The Hall–Kier alpha value is -3.93. The van der Waals surface area contributed by atoms with Gasteiger partial charge in [0.05, 0.1) is 23.1 Å². The molecule has 1 aliphatic carbocycles. The van der Waals surface area contributed by atoms with Gasteiger partial charge in [-0.1, -0.05) is 68.8 Å². The first-order valence-electron chi connectivity index (χ1n) is 14.8. The number of fused-ring (bicyclic) bond motifs is 4. The van der Waals surface area contributed by atoms with Crippen LogP contribution in [-0.4, -0.2) is 59.7 Å². The number of nitrogens with zero attached hydrogens (tertiary/aromatic N) is 3. The highest BCUT2D eigenvalue weighted by Gasteiger charge is 2.43. The predicted molar refractivity (Wildman–Crippen MR) is 158 cm³/mol. The topological polar surface area (TPSA) is 60.9 Å². The summed E-state index contributed by atoms with van der Waals surface area (Å²) < 4.78 is 0. The summed E-state index contributed by atoms with van der Waals surface area (Å²) in [6.07, 6.45) is 4.60. The molecule has 2 aliphatic heterocycles. The number of unbranched alkanes of at least 4 members (excludes halogenated alkanes) is 1.